The van der Waals surface area contributed by atoms with Crippen LogP contribution in [0.2, 0.25) is 0 Å². The van der Waals surface area contributed by atoms with Gasteiger partial charge in [0.1, 0.15) is 5.75 Å². The van der Waals surface area contributed by atoms with Crippen molar-refractivity contribution in [2.45, 2.75) is 20.1 Å². The topological polar surface area (TPSA) is 50.4 Å². The van der Waals surface area contributed by atoms with Gasteiger partial charge in [0.05, 0.1) is 0 Å². The predicted molar refractivity (Wildman–Crippen MR) is 83.0 cm³/mol. The molecular weight excluding hydrogens is 370 g/mol. The summed E-state index contributed by atoms with van der Waals surface area (Å²) in [7, 11) is 1.76. The minimum absolute atomic E-state index is 0. The summed E-state index contributed by atoms with van der Waals surface area (Å²) in [6.07, 6.45) is 0. The molecule has 0 radical (unpaired) electrons. The average molecular weight is 388 g/mol. The molecule has 0 heterocycles. The fraction of sp³-hybridized carbons (Fsp3) is 0.462. The summed E-state index contributed by atoms with van der Waals surface area (Å²) >= 11 is 3.26. The second-order valence-electron chi connectivity index (χ2n) is 4.31. The molecule has 1 atom stereocenters. The predicted octanol–water partition coefficient (Wildman–Crippen LogP) is 2.94. The summed E-state index contributed by atoms with van der Waals surface area (Å²) in [6.45, 7) is -0.434. The highest BCUT2D eigenvalue weighted by atomic mass is 79.9. The lowest BCUT2D eigenvalue weighted by molar-refractivity contribution is -0.124. The van der Waals surface area contributed by atoms with Crippen molar-refractivity contribution in [3.05, 3.63) is 28.2 Å². The van der Waals surface area contributed by atoms with E-state index in [0.29, 0.717) is 12.1 Å². The van der Waals surface area contributed by atoms with E-state index in [1.165, 1.54) is 6.07 Å². The van der Waals surface area contributed by atoms with Crippen molar-refractivity contribution in [2.75, 3.05) is 13.6 Å². The largest absolute Gasteiger partial charge is 0.434 e. The van der Waals surface area contributed by atoms with E-state index >= 15 is 0 Å². The number of alkyl halides is 2. The highest BCUT2D eigenvalue weighted by molar-refractivity contribution is 9.10. The van der Waals surface area contributed by atoms with Gasteiger partial charge in [0, 0.05) is 29.0 Å². The molecule has 0 saturated heterocycles. The Balaban J connectivity index is 0.00000400. The Labute approximate surface area is 137 Å². The zero-order valence-corrected chi connectivity index (χ0v) is 14.1. The standard InChI is InChI=1S/C13H17BrF2N2O2.ClH/c1-8(6-17-2)12(19)18-7-9-5-10(14)3-4-11(9)20-13(15)16;/h3-5,8,13,17H,6-7H2,1-2H3,(H,18,19);1H. The van der Waals surface area contributed by atoms with Crippen LogP contribution in [0.5, 0.6) is 5.75 Å². The van der Waals surface area contributed by atoms with E-state index in [2.05, 4.69) is 31.3 Å². The maximum atomic E-state index is 12.3. The van der Waals surface area contributed by atoms with E-state index in [0.717, 1.165) is 4.47 Å². The van der Waals surface area contributed by atoms with Gasteiger partial charge in [-0.2, -0.15) is 8.78 Å². The Kier molecular flexibility index (Phi) is 9.48. The lowest BCUT2D eigenvalue weighted by Crippen LogP contribution is -2.34. The Bertz CT molecular complexity index is 464. The molecule has 0 bridgehead atoms. The molecule has 1 aromatic rings. The van der Waals surface area contributed by atoms with E-state index in [-0.39, 0.29) is 36.5 Å². The van der Waals surface area contributed by atoms with Crippen molar-refractivity contribution in [1.29, 1.82) is 0 Å². The molecule has 120 valence electrons. The van der Waals surface area contributed by atoms with Gasteiger partial charge in [0.25, 0.3) is 0 Å². The van der Waals surface area contributed by atoms with Crippen molar-refractivity contribution in [3.63, 3.8) is 0 Å². The molecule has 1 amide bonds. The molecule has 1 rings (SSSR count). The first-order valence-electron chi connectivity index (χ1n) is 6.09. The monoisotopic (exact) mass is 386 g/mol. The average Bonchev–Trinajstić information content (AvgIpc) is 2.38. The fourth-order valence-corrected chi connectivity index (χ4v) is 2.06. The Hall–Kier alpha value is -0.920. The van der Waals surface area contributed by atoms with E-state index in [9.17, 15) is 13.6 Å². The fourth-order valence-electron chi connectivity index (χ4n) is 1.65. The molecule has 8 heteroatoms. The second kappa shape index (κ2) is 9.92. The van der Waals surface area contributed by atoms with E-state index in [1.54, 1.807) is 26.1 Å². The molecule has 21 heavy (non-hydrogen) atoms. The summed E-state index contributed by atoms with van der Waals surface area (Å²) in [5, 5.41) is 5.60. The number of carbonyl (C=O) groups is 1. The molecule has 1 aromatic carbocycles. The summed E-state index contributed by atoms with van der Waals surface area (Å²) < 4.78 is 29.7. The number of hydrogen-bond acceptors (Lipinski definition) is 3. The van der Waals surface area contributed by atoms with Crippen LogP contribution in [0.25, 0.3) is 0 Å². The first kappa shape index (κ1) is 20.1. The Morgan fingerprint density at radius 2 is 2.10 bits per heavy atom. The number of carbonyl (C=O) groups excluding carboxylic acids is 1. The SMILES string of the molecule is CNCC(C)C(=O)NCc1cc(Br)ccc1OC(F)F.Cl. The number of nitrogens with one attached hydrogen (secondary N) is 2. The number of ether oxygens (including phenoxy) is 1. The highest BCUT2D eigenvalue weighted by Gasteiger charge is 2.14. The van der Waals surface area contributed by atoms with Crippen LogP contribution in [-0.2, 0) is 11.3 Å². The molecule has 0 saturated carbocycles. The van der Waals surface area contributed by atoms with Crippen LogP contribution in [0.1, 0.15) is 12.5 Å². The molecule has 0 aliphatic rings. The van der Waals surface area contributed by atoms with Crippen molar-refractivity contribution in [2.24, 2.45) is 5.92 Å². The first-order chi connectivity index (χ1) is 9.43. The molecule has 0 aliphatic carbocycles. The van der Waals surface area contributed by atoms with Gasteiger partial charge < -0.3 is 15.4 Å². The molecule has 2 N–H and O–H groups in total. The van der Waals surface area contributed by atoms with Crippen molar-refractivity contribution < 1.29 is 18.3 Å². The molecule has 0 spiro atoms. The smallest absolute Gasteiger partial charge is 0.387 e. The number of rotatable bonds is 7. The van der Waals surface area contributed by atoms with Gasteiger partial charge in [-0.05, 0) is 25.2 Å². The van der Waals surface area contributed by atoms with Gasteiger partial charge in [-0.1, -0.05) is 22.9 Å². The van der Waals surface area contributed by atoms with Crippen molar-refractivity contribution in [3.8, 4) is 5.75 Å². The lowest BCUT2D eigenvalue weighted by Gasteiger charge is -2.14. The molecule has 0 fully saturated rings. The first-order valence-corrected chi connectivity index (χ1v) is 6.89. The third-order valence-corrected chi connectivity index (χ3v) is 3.14. The second-order valence-corrected chi connectivity index (χ2v) is 5.22. The zero-order chi connectivity index (χ0) is 15.1. The van der Waals surface area contributed by atoms with Crippen LogP contribution in [0, 0.1) is 5.92 Å². The Morgan fingerprint density at radius 3 is 2.67 bits per heavy atom. The van der Waals surface area contributed by atoms with Crippen molar-refractivity contribution >= 4 is 34.2 Å². The van der Waals surface area contributed by atoms with E-state index in [1.807, 2.05) is 0 Å². The third kappa shape index (κ3) is 7.06. The summed E-state index contributed by atoms with van der Waals surface area (Å²) in [6, 6.07) is 4.68. The number of halogens is 4. The minimum atomic E-state index is -2.89. The quantitative estimate of drug-likeness (QED) is 0.756. The van der Waals surface area contributed by atoms with Gasteiger partial charge in [0.2, 0.25) is 5.91 Å². The number of benzene rings is 1. The highest BCUT2D eigenvalue weighted by Crippen LogP contribution is 2.24. The van der Waals surface area contributed by atoms with E-state index < -0.39 is 6.61 Å². The molecule has 1 unspecified atom stereocenters. The van der Waals surface area contributed by atoms with Crippen LogP contribution < -0.4 is 15.4 Å². The molecule has 0 aliphatic heterocycles. The lowest BCUT2D eigenvalue weighted by atomic mass is 10.1. The summed E-state index contributed by atoms with van der Waals surface area (Å²) in [4.78, 5) is 11.8. The van der Waals surface area contributed by atoms with Crippen LogP contribution in [0.4, 0.5) is 8.78 Å². The van der Waals surface area contributed by atoms with Gasteiger partial charge in [-0.25, -0.2) is 0 Å². The molecule has 0 aromatic heterocycles. The number of amides is 1. The van der Waals surface area contributed by atoms with Gasteiger partial charge in [-0.15, -0.1) is 12.4 Å². The van der Waals surface area contributed by atoms with Crippen LogP contribution in [0.15, 0.2) is 22.7 Å². The number of hydrogen-bond donors (Lipinski definition) is 2. The van der Waals surface area contributed by atoms with Crippen LogP contribution >= 0.6 is 28.3 Å². The van der Waals surface area contributed by atoms with Gasteiger partial charge in [0.15, 0.2) is 0 Å². The third-order valence-electron chi connectivity index (χ3n) is 2.65. The molecule has 4 nitrogen and oxygen atoms in total. The normalized spacial score (nSPS) is 11.7. The van der Waals surface area contributed by atoms with E-state index in [4.69, 9.17) is 0 Å². The van der Waals surface area contributed by atoms with Gasteiger partial charge in [-0.3, -0.25) is 4.79 Å². The maximum Gasteiger partial charge on any atom is 0.387 e. The minimum Gasteiger partial charge on any atom is -0.434 e. The maximum absolute atomic E-state index is 12.3. The zero-order valence-electron chi connectivity index (χ0n) is 11.7. The van der Waals surface area contributed by atoms with Crippen molar-refractivity contribution in [1.82, 2.24) is 10.6 Å². The van der Waals surface area contributed by atoms with Gasteiger partial charge >= 0.3 is 6.61 Å². The summed E-state index contributed by atoms with van der Waals surface area (Å²) in [5.41, 5.74) is 0.490. The Morgan fingerprint density at radius 1 is 1.43 bits per heavy atom. The molecular formula is C13H18BrClF2N2O2. The van der Waals surface area contributed by atoms with Crippen LogP contribution in [0.3, 0.4) is 0 Å². The summed E-state index contributed by atoms with van der Waals surface area (Å²) in [5.74, 6) is -0.293. The van der Waals surface area contributed by atoms with Crippen LogP contribution in [-0.4, -0.2) is 26.1 Å².